The van der Waals surface area contributed by atoms with Gasteiger partial charge in [-0.05, 0) is 41.5 Å². The average Bonchev–Trinajstić information content (AvgIpc) is 3.03. The molecule has 0 radical (unpaired) electrons. The highest BCUT2D eigenvalue weighted by molar-refractivity contribution is 7.98. The molecular formula is C27H26F2N3O3PS. The fourth-order valence-electron chi connectivity index (χ4n) is 5.79. The highest BCUT2D eigenvalue weighted by atomic mass is 32.2. The molecule has 1 amide bonds. The molecule has 37 heavy (non-hydrogen) atoms. The van der Waals surface area contributed by atoms with Crippen molar-refractivity contribution in [1.82, 2.24) is 9.58 Å². The Bertz CT molecular complexity index is 1490. The van der Waals surface area contributed by atoms with Crippen molar-refractivity contribution in [1.29, 1.82) is 0 Å². The van der Waals surface area contributed by atoms with Crippen molar-refractivity contribution in [3.63, 3.8) is 0 Å². The summed E-state index contributed by atoms with van der Waals surface area (Å²) >= 11 is 1.46. The highest BCUT2D eigenvalue weighted by Crippen LogP contribution is 2.47. The first-order valence-corrected chi connectivity index (χ1v) is 13.6. The number of carbonyl (C=O) groups excluding carboxylic acids is 1. The number of carbonyl (C=O) groups is 1. The third kappa shape index (κ3) is 3.77. The van der Waals surface area contributed by atoms with Crippen LogP contribution in [0.4, 0.5) is 8.78 Å². The summed E-state index contributed by atoms with van der Waals surface area (Å²) in [7, 11) is 2.07. The molecule has 6 rings (SSSR count). The monoisotopic (exact) mass is 541 g/mol. The Morgan fingerprint density at radius 2 is 1.86 bits per heavy atom. The number of rotatable bonds is 2. The van der Waals surface area contributed by atoms with Crippen molar-refractivity contribution in [3.8, 4) is 5.75 Å². The minimum atomic E-state index is -0.888. The van der Waals surface area contributed by atoms with Gasteiger partial charge in [0, 0.05) is 35.0 Å². The van der Waals surface area contributed by atoms with Gasteiger partial charge in [-0.2, -0.15) is 0 Å². The maximum absolute atomic E-state index is 15.3. The van der Waals surface area contributed by atoms with Gasteiger partial charge in [0.25, 0.3) is 5.91 Å². The molecule has 6 nitrogen and oxygen atoms in total. The number of aromatic nitrogens is 1. The zero-order valence-electron chi connectivity index (χ0n) is 20.4. The van der Waals surface area contributed by atoms with E-state index >= 15 is 4.39 Å². The van der Waals surface area contributed by atoms with E-state index in [1.807, 2.05) is 29.3 Å². The Balaban J connectivity index is 1.68. The number of nitrogens with zero attached hydrogens (tertiary/aromatic N) is 3. The molecule has 4 heterocycles. The zero-order chi connectivity index (χ0) is 26.1. The maximum atomic E-state index is 15.3. The van der Waals surface area contributed by atoms with E-state index in [2.05, 4.69) is 23.3 Å². The summed E-state index contributed by atoms with van der Waals surface area (Å²) in [5.74, 6) is -1.82. The largest absolute Gasteiger partial charge is 0.474 e. The number of thioether (sulfide) groups is 1. The van der Waals surface area contributed by atoms with Crippen LogP contribution in [0.3, 0.4) is 0 Å². The Morgan fingerprint density at radius 3 is 2.65 bits per heavy atom. The van der Waals surface area contributed by atoms with Crippen LogP contribution in [-0.4, -0.2) is 28.2 Å². The van der Waals surface area contributed by atoms with Crippen LogP contribution in [0.1, 0.15) is 59.9 Å². The van der Waals surface area contributed by atoms with Gasteiger partial charge in [-0.3, -0.25) is 19.3 Å². The van der Waals surface area contributed by atoms with Crippen molar-refractivity contribution >= 4 is 27.1 Å². The summed E-state index contributed by atoms with van der Waals surface area (Å²) < 4.78 is 36.8. The Kier molecular flexibility index (Phi) is 5.84. The SMILES string of the molecule is CC1(C)CCN2C(=O)c3c(OP)c(=O)ccn3N([C@@H]3c4ccccc4SCc4c3ccc(F)c4F)[C@@H]2C1. The summed E-state index contributed by atoms with van der Waals surface area (Å²) in [4.78, 5) is 29.3. The van der Waals surface area contributed by atoms with Crippen LogP contribution in [0.25, 0.3) is 0 Å². The summed E-state index contributed by atoms with van der Waals surface area (Å²) in [5, 5.41) is 2.05. The molecule has 3 aliphatic rings. The number of hydrogen-bond acceptors (Lipinski definition) is 5. The summed E-state index contributed by atoms with van der Waals surface area (Å²) in [6.45, 7) is 4.84. The lowest BCUT2D eigenvalue weighted by molar-refractivity contribution is 0.0246. The van der Waals surface area contributed by atoms with Gasteiger partial charge in [-0.15, -0.1) is 11.8 Å². The third-order valence-electron chi connectivity index (χ3n) is 7.67. The van der Waals surface area contributed by atoms with Crippen molar-refractivity contribution in [2.75, 3.05) is 11.6 Å². The lowest BCUT2D eigenvalue weighted by Crippen LogP contribution is -2.65. The lowest BCUT2D eigenvalue weighted by atomic mass is 9.79. The Morgan fingerprint density at radius 1 is 1.08 bits per heavy atom. The molecule has 0 N–H and O–H groups in total. The third-order valence-corrected chi connectivity index (χ3v) is 9.02. The van der Waals surface area contributed by atoms with Gasteiger partial charge < -0.3 is 9.42 Å². The van der Waals surface area contributed by atoms with Gasteiger partial charge in [0.1, 0.15) is 6.17 Å². The van der Waals surface area contributed by atoms with Gasteiger partial charge >= 0.3 is 0 Å². The van der Waals surface area contributed by atoms with E-state index in [0.29, 0.717) is 24.1 Å². The molecule has 2 aromatic carbocycles. The second-order valence-corrected chi connectivity index (χ2v) is 11.7. The smallest absolute Gasteiger partial charge is 0.278 e. The minimum Gasteiger partial charge on any atom is -0.474 e. The van der Waals surface area contributed by atoms with Crippen LogP contribution in [-0.2, 0) is 5.75 Å². The topological polar surface area (TPSA) is 54.8 Å². The van der Waals surface area contributed by atoms with Crippen LogP contribution < -0.4 is 15.0 Å². The van der Waals surface area contributed by atoms with Gasteiger partial charge in [0.2, 0.25) is 11.2 Å². The molecule has 1 saturated heterocycles. The second-order valence-electron chi connectivity index (χ2n) is 10.5. The second kappa shape index (κ2) is 8.84. The van der Waals surface area contributed by atoms with Crippen LogP contribution >= 0.6 is 21.2 Å². The zero-order valence-corrected chi connectivity index (χ0v) is 22.4. The minimum absolute atomic E-state index is 0.0624. The molecule has 192 valence electrons. The highest BCUT2D eigenvalue weighted by Gasteiger charge is 2.48. The van der Waals surface area contributed by atoms with Crippen LogP contribution in [0, 0.1) is 17.0 Å². The van der Waals surface area contributed by atoms with E-state index in [0.717, 1.165) is 16.9 Å². The molecule has 1 unspecified atom stereocenters. The first kappa shape index (κ1) is 24.4. The number of halogens is 2. The lowest BCUT2D eigenvalue weighted by Gasteiger charge is -2.54. The number of benzene rings is 2. The molecule has 3 aliphatic heterocycles. The van der Waals surface area contributed by atoms with Crippen LogP contribution in [0.5, 0.6) is 5.75 Å². The molecule has 10 heteroatoms. The summed E-state index contributed by atoms with van der Waals surface area (Å²) in [6.07, 6.45) is 2.66. The van der Waals surface area contributed by atoms with Crippen molar-refractivity contribution in [2.24, 2.45) is 5.41 Å². The number of amides is 1. The standard InChI is InChI=1S/C27H26F2N3O3PS/c1-27(2)10-12-30-21(13-27)32(31-11-9-19(33)25(35-36)24(31)26(30)34)23-15-7-8-18(28)22(29)17(15)14-37-20-6-4-3-5-16(20)23/h3-9,11,21,23H,10,12-14,36H2,1-2H3/t21-,23+/m1/s1. The number of piperidine rings is 1. The first-order chi connectivity index (χ1) is 17.7. The molecule has 1 aromatic heterocycles. The number of pyridine rings is 1. The van der Waals surface area contributed by atoms with Gasteiger partial charge in [0.15, 0.2) is 17.3 Å². The molecule has 3 aromatic rings. The number of fused-ring (bicyclic) bond motifs is 4. The first-order valence-electron chi connectivity index (χ1n) is 12.1. The molecule has 1 fully saturated rings. The summed E-state index contributed by atoms with van der Waals surface area (Å²) in [6, 6.07) is 11.5. The van der Waals surface area contributed by atoms with Crippen LogP contribution in [0.2, 0.25) is 0 Å². The van der Waals surface area contributed by atoms with Gasteiger partial charge in [0.05, 0.1) is 15.5 Å². The predicted octanol–water partition coefficient (Wildman–Crippen LogP) is 5.23. The van der Waals surface area contributed by atoms with Crippen molar-refractivity contribution in [2.45, 2.75) is 49.5 Å². The number of hydrogen-bond donors (Lipinski definition) is 0. The quantitative estimate of drug-likeness (QED) is 0.416. The normalized spacial score (nSPS) is 21.9. The van der Waals surface area contributed by atoms with Gasteiger partial charge in [-0.25, -0.2) is 8.78 Å². The van der Waals surface area contributed by atoms with Crippen LogP contribution in [0.15, 0.2) is 58.4 Å². The van der Waals surface area contributed by atoms with E-state index in [-0.39, 0.29) is 34.7 Å². The summed E-state index contributed by atoms with van der Waals surface area (Å²) in [5.41, 5.74) is 1.51. The Labute approximate surface area is 219 Å². The molecule has 0 bridgehead atoms. The van der Waals surface area contributed by atoms with E-state index in [1.54, 1.807) is 21.8 Å². The fourth-order valence-corrected chi connectivity index (χ4v) is 7.13. The molecule has 0 saturated carbocycles. The maximum Gasteiger partial charge on any atom is 0.278 e. The van der Waals surface area contributed by atoms with E-state index in [1.165, 1.54) is 23.9 Å². The fraction of sp³-hybridized carbons (Fsp3) is 0.333. The molecule has 0 aliphatic carbocycles. The predicted molar refractivity (Wildman–Crippen MR) is 141 cm³/mol. The molecule has 0 spiro atoms. The van der Waals surface area contributed by atoms with E-state index in [9.17, 15) is 14.0 Å². The Hall–Kier alpha value is -2.90. The average molecular weight is 542 g/mol. The van der Waals surface area contributed by atoms with E-state index < -0.39 is 23.1 Å². The van der Waals surface area contributed by atoms with Crippen molar-refractivity contribution in [3.05, 3.63) is 92.9 Å². The molecular weight excluding hydrogens is 515 g/mol. The van der Waals surface area contributed by atoms with Gasteiger partial charge in [-0.1, -0.05) is 38.1 Å². The van der Waals surface area contributed by atoms with Crippen molar-refractivity contribution < 1.29 is 18.1 Å². The molecule has 3 atom stereocenters. The van der Waals surface area contributed by atoms with E-state index in [4.69, 9.17) is 4.52 Å².